The van der Waals surface area contributed by atoms with Crippen molar-refractivity contribution in [1.29, 1.82) is 0 Å². The molecular weight excluding hydrogens is 236 g/mol. The first-order chi connectivity index (χ1) is 7.98. The Morgan fingerprint density at radius 2 is 1.94 bits per heavy atom. The minimum absolute atomic E-state index is 0.0789. The van der Waals surface area contributed by atoms with Gasteiger partial charge in [0.15, 0.2) is 0 Å². The second-order valence-electron chi connectivity index (χ2n) is 5.26. The molecule has 0 saturated carbocycles. The van der Waals surface area contributed by atoms with E-state index in [1.165, 1.54) is 12.7 Å². The average Bonchev–Trinajstić information content (AvgIpc) is 2.61. The van der Waals surface area contributed by atoms with Crippen LogP contribution in [0.15, 0.2) is 12.7 Å². The van der Waals surface area contributed by atoms with E-state index in [2.05, 4.69) is 11.5 Å². The van der Waals surface area contributed by atoms with Crippen LogP contribution in [0.3, 0.4) is 0 Å². The number of hydrogen-bond donors (Lipinski definition) is 0. The largest absolute Gasteiger partial charge is 0.293 e. The summed E-state index contributed by atoms with van der Waals surface area (Å²) in [6.07, 6.45) is 7.62. The summed E-state index contributed by atoms with van der Waals surface area (Å²) in [6, 6.07) is 0. The molecule has 0 bridgehead atoms. The van der Waals surface area contributed by atoms with E-state index in [1.54, 1.807) is 4.31 Å². The molecule has 4 nitrogen and oxygen atoms in total. The minimum Gasteiger partial charge on any atom is -0.293 e. The summed E-state index contributed by atoms with van der Waals surface area (Å²) in [4.78, 5) is 2.41. The molecule has 2 rings (SSSR count). The molecule has 0 unspecified atom stereocenters. The van der Waals surface area contributed by atoms with Crippen molar-refractivity contribution in [2.24, 2.45) is 0 Å². The summed E-state index contributed by atoms with van der Waals surface area (Å²) >= 11 is 0. The zero-order valence-electron chi connectivity index (χ0n) is 10.6. The summed E-state index contributed by atoms with van der Waals surface area (Å²) in [6.45, 7) is 7.09. The summed E-state index contributed by atoms with van der Waals surface area (Å²) < 4.78 is 25.0. The molecule has 0 amide bonds. The molecule has 17 heavy (non-hydrogen) atoms. The highest BCUT2D eigenvalue weighted by Gasteiger charge is 2.44. The third-order valence-electron chi connectivity index (χ3n) is 4.08. The molecule has 2 aliphatic heterocycles. The standard InChI is InChI=1S/C12H22N2O2S/c1-3-8-13-9-4-6-12(13)7-5-10-14(11-12)17(2,15)16/h3H,1,4-11H2,2H3/t12-/m0/s1. The fourth-order valence-electron chi connectivity index (χ4n) is 3.25. The van der Waals surface area contributed by atoms with Gasteiger partial charge in [-0.1, -0.05) is 6.08 Å². The monoisotopic (exact) mass is 258 g/mol. The quantitative estimate of drug-likeness (QED) is 0.711. The molecule has 5 heteroatoms. The molecule has 98 valence electrons. The van der Waals surface area contributed by atoms with E-state index in [-0.39, 0.29) is 5.54 Å². The van der Waals surface area contributed by atoms with Gasteiger partial charge in [0.05, 0.1) is 6.26 Å². The maximum atomic E-state index is 11.7. The average molecular weight is 258 g/mol. The predicted molar refractivity (Wildman–Crippen MR) is 69.4 cm³/mol. The van der Waals surface area contributed by atoms with Crippen molar-refractivity contribution < 1.29 is 8.42 Å². The minimum atomic E-state index is -3.05. The maximum Gasteiger partial charge on any atom is 0.211 e. The second kappa shape index (κ2) is 4.71. The number of sulfonamides is 1. The van der Waals surface area contributed by atoms with Crippen LogP contribution >= 0.6 is 0 Å². The van der Waals surface area contributed by atoms with E-state index in [0.717, 1.165) is 32.4 Å². The topological polar surface area (TPSA) is 40.6 Å². The van der Waals surface area contributed by atoms with Crippen LogP contribution in [0, 0.1) is 0 Å². The van der Waals surface area contributed by atoms with Gasteiger partial charge < -0.3 is 0 Å². The van der Waals surface area contributed by atoms with Gasteiger partial charge in [0, 0.05) is 25.2 Å². The smallest absolute Gasteiger partial charge is 0.211 e. The zero-order chi connectivity index (χ0) is 12.5. The van der Waals surface area contributed by atoms with E-state index >= 15 is 0 Å². The van der Waals surface area contributed by atoms with Gasteiger partial charge >= 0.3 is 0 Å². The number of likely N-dealkylation sites (tertiary alicyclic amines) is 1. The van der Waals surface area contributed by atoms with Crippen molar-refractivity contribution in [1.82, 2.24) is 9.21 Å². The molecule has 0 radical (unpaired) electrons. The van der Waals surface area contributed by atoms with Gasteiger partial charge in [0.2, 0.25) is 10.0 Å². The second-order valence-corrected chi connectivity index (χ2v) is 7.25. The third kappa shape index (κ3) is 2.56. The maximum absolute atomic E-state index is 11.7. The molecule has 2 aliphatic rings. The Bertz CT molecular complexity index is 393. The molecular formula is C12H22N2O2S. The lowest BCUT2D eigenvalue weighted by Gasteiger charge is -2.44. The van der Waals surface area contributed by atoms with E-state index in [4.69, 9.17) is 0 Å². The fourth-order valence-corrected chi connectivity index (χ4v) is 4.19. The van der Waals surface area contributed by atoms with Crippen LogP contribution in [0.2, 0.25) is 0 Å². The lowest BCUT2D eigenvalue weighted by Crippen LogP contribution is -2.56. The van der Waals surface area contributed by atoms with Crippen molar-refractivity contribution in [3.8, 4) is 0 Å². The zero-order valence-corrected chi connectivity index (χ0v) is 11.4. The van der Waals surface area contributed by atoms with Gasteiger partial charge in [-0.3, -0.25) is 4.90 Å². The van der Waals surface area contributed by atoms with E-state index in [0.29, 0.717) is 13.1 Å². The summed E-state index contributed by atoms with van der Waals surface area (Å²) in [7, 11) is -3.05. The third-order valence-corrected chi connectivity index (χ3v) is 5.33. The van der Waals surface area contributed by atoms with Gasteiger partial charge in [-0.05, 0) is 32.2 Å². The molecule has 2 saturated heterocycles. The molecule has 0 aromatic carbocycles. The molecule has 1 atom stereocenters. The number of piperidine rings is 1. The van der Waals surface area contributed by atoms with Crippen LogP contribution in [0.1, 0.15) is 25.7 Å². The van der Waals surface area contributed by atoms with Crippen LogP contribution in [0.4, 0.5) is 0 Å². The first-order valence-electron chi connectivity index (χ1n) is 6.29. The molecule has 0 aliphatic carbocycles. The summed E-state index contributed by atoms with van der Waals surface area (Å²) in [5.41, 5.74) is 0.0789. The van der Waals surface area contributed by atoms with Gasteiger partial charge in [-0.2, -0.15) is 0 Å². The highest BCUT2D eigenvalue weighted by molar-refractivity contribution is 7.88. The first kappa shape index (κ1) is 13.1. The van der Waals surface area contributed by atoms with Crippen molar-refractivity contribution in [3.05, 3.63) is 12.7 Å². The van der Waals surface area contributed by atoms with Crippen LogP contribution in [0.5, 0.6) is 0 Å². The molecule has 0 N–H and O–H groups in total. The van der Waals surface area contributed by atoms with Gasteiger partial charge in [-0.25, -0.2) is 12.7 Å². The SMILES string of the molecule is C=CCN1CCC[C@@]12CCCN(S(C)(=O)=O)C2. The lowest BCUT2D eigenvalue weighted by molar-refractivity contribution is 0.0844. The molecule has 1 spiro atoms. The fraction of sp³-hybridized carbons (Fsp3) is 0.833. The number of rotatable bonds is 3. The number of hydrogen-bond acceptors (Lipinski definition) is 3. The Hall–Kier alpha value is -0.390. The molecule has 0 aromatic rings. The van der Waals surface area contributed by atoms with E-state index in [1.807, 2.05) is 6.08 Å². The van der Waals surface area contributed by atoms with Crippen LogP contribution < -0.4 is 0 Å². The van der Waals surface area contributed by atoms with E-state index in [9.17, 15) is 8.42 Å². The Morgan fingerprint density at radius 3 is 2.53 bits per heavy atom. The van der Waals surface area contributed by atoms with Crippen LogP contribution in [-0.4, -0.2) is 55.6 Å². The molecule has 2 fully saturated rings. The van der Waals surface area contributed by atoms with Crippen molar-refractivity contribution >= 4 is 10.0 Å². The van der Waals surface area contributed by atoms with Crippen molar-refractivity contribution in [2.45, 2.75) is 31.2 Å². The molecule has 0 aromatic heterocycles. The van der Waals surface area contributed by atoms with Crippen LogP contribution in [0.25, 0.3) is 0 Å². The van der Waals surface area contributed by atoms with Gasteiger partial charge in [0.1, 0.15) is 0 Å². The summed E-state index contributed by atoms with van der Waals surface area (Å²) in [5.74, 6) is 0. The Kier molecular flexibility index (Phi) is 3.61. The van der Waals surface area contributed by atoms with E-state index < -0.39 is 10.0 Å². The predicted octanol–water partition coefficient (Wildman–Crippen LogP) is 1.06. The normalized spacial score (nSPS) is 32.1. The highest BCUT2D eigenvalue weighted by atomic mass is 32.2. The molecule has 2 heterocycles. The van der Waals surface area contributed by atoms with Crippen LogP contribution in [-0.2, 0) is 10.0 Å². The Balaban J connectivity index is 2.17. The van der Waals surface area contributed by atoms with Crippen molar-refractivity contribution in [2.75, 3.05) is 32.4 Å². The number of nitrogens with zero attached hydrogens (tertiary/aromatic N) is 2. The lowest BCUT2D eigenvalue weighted by atomic mass is 9.87. The van der Waals surface area contributed by atoms with Gasteiger partial charge in [0.25, 0.3) is 0 Å². The van der Waals surface area contributed by atoms with Crippen molar-refractivity contribution in [3.63, 3.8) is 0 Å². The summed E-state index contributed by atoms with van der Waals surface area (Å²) in [5, 5.41) is 0. The Morgan fingerprint density at radius 1 is 1.29 bits per heavy atom. The first-order valence-corrected chi connectivity index (χ1v) is 8.14. The highest BCUT2D eigenvalue weighted by Crippen LogP contribution is 2.37. The Labute approximate surface area is 104 Å². The van der Waals surface area contributed by atoms with Gasteiger partial charge in [-0.15, -0.1) is 6.58 Å².